The van der Waals surface area contributed by atoms with Crippen molar-refractivity contribution in [2.24, 2.45) is 0 Å². The van der Waals surface area contributed by atoms with Crippen molar-refractivity contribution in [2.45, 2.75) is 6.18 Å². The maximum Gasteiger partial charge on any atom is 0.417 e. The number of carbonyl (C=O) groups is 2. The van der Waals surface area contributed by atoms with Crippen molar-refractivity contribution in [1.82, 2.24) is 4.98 Å². The van der Waals surface area contributed by atoms with E-state index in [9.17, 15) is 18.0 Å². The van der Waals surface area contributed by atoms with Gasteiger partial charge in [0.05, 0.1) is 10.6 Å². The minimum Gasteiger partial charge on any atom is -0.477 e. The molecule has 0 bridgehead atoms. The summed E-state index contributed by atoms with van der Waals surface area (Å²) in [6, 6.07) is 13.0. The van der Waals surface area contributed by atoms with Crippen LogP contribution < -0.4 is 16.2 Å². The highest BCUT2D eigenvalue weighted by atomic mass is 35.5. The Hall–Kier alpha value is -3.79. The molecule has 0 amide bonds. The van der Waals surface area contributed by atoms with Crippen molar-refractivity contribution >= 4 is 35.7 Å². The number of carboxylic acid groups (broad SMARTS) is 1. The van der Waals surface area contributed by atoms with Crippen molar-refractivity contribution in [2.75, 3.05) is 11.5 Å². The van der Waals surface area contributed by atoms with Crippen LogP contribution in [0.4, 0.5) is 24.5 Å². The number of hydrogen-bond acceptors (Lipinski definition) is 6. The number of rotatable bonds is 3. The van der Waals surface area contributed by atoms with Gasteiger partial charge in [-0.3, -0.25) is 0 Å². The van der Waals surface area contributed by atoms with Gasteiger partial charge in [0.1, 0.15) is 18.3 Å². The number of aromatic carboxylic acids is 1. The molecule has 0 saturated carbocycles. The van der Waals surface area contributed by atoms with Crippen molar-refractivity contribution in [3.8, 4) is 11.5 Å². The Morgan fingerprint density at radius 1 is 0.968 bits per heavy atom. The number of pyridine rings is 1. The summed E-state index contributed by atoms with van der Waals surface area (Å²) in [5, 5.41) is 8.44. The first-order valence-electron chi connectivity index (χ1n) is 8.20. The molecule has 0 aliphatic rings. The van der Waals surface area contributed by atoms with Gasteiger partial charge in [0.15, 0.2) is 5.69 Å². The second-order valence-electron chi connectivity index (χ2n) is 5.59. The van der Waals surface area contributed by atoms with E-state index in [1.165, 1.54) is 18.3 Å². The molecule has 0 aliphatic heterocycles. The molecule has 0 aliphatic carbocycles. The Morgan fingerprint density at radius 2 is 1.55 bits per heavy atom. The molecule has 0 saturated heterocycles. The van der Waals surface area contributed by atoms with Crippen LogP contribution >= 0.6 is 11.6 Å². The predicted molar refractivity (Wildman–Crippen MR) is 110 cm³/mol. The minimum absolute atomic E-state index is 0.0479. The summed E-state index contributed by atoms with van der Waals surface area (Å²) in [5.74, 6) is -0.0864. The highest BCUT2D eigenvalue weighted by Gasteiger charge is 2.33. The molecule has 3 aromatic rings. The lowest BCUT2D eigenvalue weighted by Crippen LogP contribution is -2.06. The number of aromatic nitrogens is 1. The van der Waals surface area contributed by atoms with Gasteiger partial charge in [0.2, 0.25) is 0 Å². The Kier molecular flexibility index (Phi) is 9.29. The quantitative estimate of drug-likeness (QED) is 0.478. The molecule has 0 unspecified atom stereocenters. The standard InChI is InChI=1S/C12H10N2O3.C7H5ClF3N.CH2O/c13-8-1-3-9(4-2-8)17-10-5-6-14-11(7-10)12(15)16;8-6-2-1-4(12)3-5(6)7(9,10)11;1-2/h1-7H,13H2,(H,15,16);1-3H,12H2;1H2. The van der Waals surface area contributed by atoms with Gasteiger partial charge in [-0.2, -0.15) is 13.2 Å². The van der Waals surface area contributed by atoms with Gasteiger partial charge < -0.3 is 26.1 Å². The zero-order valence-corrected chi connectivity index (χ0v) is 16.5. The first-order chi connectivity index (χ1) is 14.6. The lowest BCUT2D eigenvalue weighted by atomic mass is 10.2. The maximum absolute atomic E-state index is 12.1. The molecule has 1 aromatic heterocycles. The van der Waals surface area contributed by atoms with Crippen molar-refractivity contribution in [3.63, 3.8) is 0 Å². The zero-order chi connectivity index (χ0) is 23.6. The third kappa shape index (κ3) is 8.23. The lowest BCUT2D eigenvalue weighted by molar-refractivity contribution is -0.137. The Bertz CT molecular complexity index is 1020. The third-order valence-electron chi connectivity index (χ3n) is 3.36. The molecular formula is C20H17ClF3N3O4. The number of nitrogens with two attached hydrogens (primary N) is 2. The SMILES string of the molecule is C=O.Nc1ccc(Cl)c(C(F)(F)F)c1.Nc1ccc(Oc2ccnc(C(=O)O)c2)cc1. The fraction of sp³-hybridized carbons (Fsp3) is 0.0500. The number of halogens is 4. The number of nitrogens with zero attached hydrogens (tertiary/aromatic N) is 1. The molecule has 31 heavy (non-hydrogen) atoms. The molecule has 7 nitrogen and oxygen atoms in total. The number of carbonyl (C=O) groups excluding carboxylic acids is 1. The average molecular weight is 456 g/mol. The fourth-order valence-corrected chi connectivity index (χ4v) is 2.25. The van der Waals surface area contributed by atoms with E-state index in [0.717, 1.165) is 12.1 Å². The van der Waals surface area contributed by atoms with Gasteiger partial charge in [-0.05, 0) is 48.5 Å². The highest BCUT2D eigenvalue weighted by Crippen LogP contribution is 2.35. The Labute approximate surface area is 180 Å². The smallest absolute Gasteiger partial charge is 0.417 e. The third-order valence-corrected chi connectivity index (χ3v) is 3.69. The van der Waals surface area contributed by atoms with E-state index < -0.39 is 17.7 Å². The summed E-state index contributed by atoms with van der Waals surface area (Å²) in [6.07, 6.45) is -3.05. The zero-order valence-electron chi connectivity index (χ0n) is 15.8. The van der Waals surface area contributed by atoms with Gasteiger partial charge in [-0.25, -0.2) is 9.78 Å². The molecule has 164 valence electrons. The lowest BCUT2D eigenvalue weighted by Gasteiger charge is -2.08. The van der Waals surface area contributed by atoms with Crippen LogP contribution in [0.15, 0.2) is 60.8 Å². The van der Waals surface area contributed by atoms with Gasteiger partial charge >= 0.3 is 12.1 Å². The maximum atomic E-state index is 12.1. The van der Waals surface area contributed by atoms with Crippen LogP contribution in [0.25, 0.3) is 0 Å². The summed E-state index contributed by atoms with van der Waals surface area (Å²) in [7, 11) is 0. The molecule has 0 fully saturated rings. The summed E-state index contributed by atoms with van der Waals surface area (Å²) in [5.41, 5.74) is 10.4. The largest absolute Gasteiger partial charge is 0.477 e. The van der Waals surface area contributed by atoms with Crippen LogP contribution in [0.1, 0.15) is 16.1 Å². The Morgan fingerprint density at radius 3 is 2.06 bits per heavy atom. The van der Waals surface area contributed by atoms with Gasteiger partial charge in [-0.15, -0.1) is 0 Å². The van der Waals surface area contributed by atoms with Crippen LogP contribution in [0.5, 0.6) is 11.5 Å². The van der Waals surface area contributed by atoms with E-state index in [0.29, 0.717) is 17.2 Å². The minimum atomic E-state index is -4.44. The molecule has 2 aromatic carbocycles. The average Bonchev–Trinajstić information content (AvgIpc) is 2.73. The van der Waals surface area contributed by atoms with E-state index in [1.54, 1.807) is 30.3 Å². The van der Waals surface area contributed by atoms with E-state index in [2.05, 4.69) is 4.98 Å². The fourth-order valence-electron chi connectivity index (χ4n) is 2.02. The second kappa shape index (κ2) is 11.4. The Balaban J connectivity index is 0.000000303. The van der Waals surface area contributed by atoms with Crippen LogP contribution in [-0.2, 0) is 11.0 Å². The van der Waals surface area contributed by atoms with Crippen LogP contribution in [0.2, 0.25) is 5.02 Å². The number of nitrogen functional groups attached to an aromatic ring is 2. The monoisotopic (exact) mass is 455 g/mol. The number of hydrogen-bond donors (Lipinski definition) is 3. The molecule has 11 heteroatoms. The van der Waals surface area contributed by atoms with Gasteiger partial charge in [0, 0.05) is 23.6 Å². The van der Waals surface area contributed by atoms with Crippen molar-refractivity contribution in [3.05, 3.63) is 77.1 Å². The van der Waals surface area contributed by atoms with E-state index in [1.807, 2.05) is 6.79 Å². The topological polar surface area (TPSA) is 129 Å². The van der Waals surface area contributed by atoms with Crippen LogP contribution in [0.3, 0.4) is 0 Å². The molecule has 1 heterocycles. The number of benzene rings is 2. The summed E-state index contributed by atoms with van der Waals surface area (Å²) in [4.78, 5) is 22.4. The number of anilines is 2. The first kappa shape index (κ1) is 25.2. The normalized spacial score (nSPS) is 10.1. The number of alkyl halides is 3. The number of carboxylic acids is 1. The van der Waals surface area contributed by atoms with Crippen LogP contribution in [0, 0.1) is 0 Å². The molecule has 0 atom stereocenters. The molecular weight excluding hydrogens is 439 g/mol. The molecule has 3 rings (SSSR count). The molecule has 5 N–H and O–H groups in total. The summed E-state index contributed by atoms with van der Waals surface area (Å²) in [6.45, 7) is 2.00. The highest BCUT2D eigenvalue weighted by molar-refractivity contribution is 6.31. The summed E-state index contributed by atoms with van der Waals surface area (Å²) >= 11 is 5.31. The van der Waals surface area contributed by atoms with E-state index in [4.69, 9.17) is 37.7 Å². The molecule has 0 spiro atoms. The van der Waals surface area contributed by atoms with E-state index in [-0.39, 0.29) is 16.4 Å². The predicted octanol–water partition coefficient (Wildman–Crippen LogP) is 4.91. The number of ether oxygens (including phenoxy) is 1. The molecule has 0 radical (unpaired) electrons. The first-order valence-corrected chi connectivity index (χ1v) is 8.58. The second-order valence-corrected chi connectivity index (χ2v) is 6.00. The van der Waals surface area contributed by atoms with Gasteiger partial charge in [0.25, 0.3) is 0 Å². The van der Waals surface area contributed by atoms with Crippen LogP contribution in [-0.4, -0.2) is 22.8 Å². The van der Waals surface area contributed by atoms with E-state index >= 15 is 0 Å². The van der Waals surface area contributed by atoms with Gasteiger partial charge in [-0.1, -0.05) is 11.6 Å². The van der Waals surface area contributed by atoms with Crippen molar-refractivity contribution < 1.29 is 32.6 Å². The van der Waals surface area contributed by atoms with Crippen molar-refractivity contribution in [1.29, 1.82) is 0 Å². The summed E-state index contributed by atoms with van der Waals surface area (Å²) < 4.78 is 41.7.